The van der Waals surface area contributed by atoms with Crippen LogP contribution in [0.25, 0.3) is 11.6 Å². The van der Waals surface area contributed by atoms with Crippen molar-refractivity contribution in [3.8, 4) is 0 Å². The molecule has 31 heavy (non-hydrogen) atoms. The van der Waals surface area contributed by atoms with E-state index in [0.717, 1.165) is 54.5 Å². The number of ketones is 1. The molecule has 0 amide bonds. The van der Waals surface area contributed by atoms with Gasteiger partial charge in [0.05, 0.1) is 39.3 Å². The van der Waals surface area contributed by atoms with Gasteiger partial charge < -0.3 is 4.48 Å². The van der Waals surface area contributed by atoms with Gasteiger partial charge >= 0.3 is 0 Å². The van der Waals surface area contributed by atoms with Gasteiger partial charge in [-0.1, -0.05) is 43.7 Å². The molecule has 0 saturated carbocycles. The maximum absolute atomic E-state index is 13.6. The van der Waals surface area contributed by atoms with Crippen LogP contribution < -0.4 is 0 Å². The number of fused-ring (bicyclic) bond motifs is 2. The van der Waals surface area contributed by atoms with Crippen molar-refractivity contribution in [1.29, 1.82) is 0 Å². The van der Waals surface area contributed by atoms with E-state index in [1.807, 2.05) is 0 Å². The first kappa shape index (κ1) is 22.0. The number of pyridine rings is 1. The Hall–Kier alpha value is -2.26. The van der Waals surface area contributed by atoms with Gasteiger partial charge in [-0.3, -0.25) is 4.79 Å². The molecule has 0 fully saturated rings. The van der Waals surface area contributed by atoms with Crippen LogP contribution in [0.2, 0.25) is 0 Å². The summed E-state index contributed by atoms with van der Waals surface area (Å²) < 4.78 is 0.818. The van der Waals surface area contributed by atoms with E-state index in [2.05, 4.69) is 64.5 Å². The van der Waals surface area contributed by atoms with Crippen molar-refractivity contribution in [2.45, 2.75) is 58.3 Å². The largest absolute Gasteiger partial charge is 0.330 e. The molecule has 3 heteroatoms. The van der Waals surface area contributed by atoms with Crippen LogP contribution in [0.1, 0.15) is 77.5 Å². The number of hydrogen-bond acceptors (Lipinski definition) is 2. The maximum atomic E-state index is 13.6. The molecule has 0 N–H and O–H groups in total. The van der Waals surface area contributed by atoms with Crippen LogP contribution in [-0.2, 0) is 19.3 Å². The number of hydrogen-bond donors (Lipinski definition) is 0. The summed E-state index contributed by atoms with van der Waals surface area (Å²) in [4.78, 5) is 18.7. The standard InChI is InChI=1S/C28H37N2O/c1-5-6-14-23-24-15-10-13-21(18-20-11-8-7-9-12-20)26(24)29-27-25(23)17-16-22(28(27)31)19-30(2,3)4/h7-9,11-12,18,22H,5-6,10,13-17,19H2,1-4H3/q+1/b21-18+. The highest BCUT2D eigenvalue weighted by atomic mass is 16.1. The molecule has 2 aromatic rings. The number of allylic oxidation sites excluding steroid dienone is 1. The van der Waals surface area contributed by atoms with Gasteiger partial charge in [0, 0.05) is 0 Å². The molecule has 2 aliphatic carbocycles. The quantitative estimate of drug-likeness (QED) is 0.560. The molecule has 0 aliphatic heterocycles. The monoisotopic (exact) mass is 417 g/mol. The van der Waals surface area contributed by atoms with Gasteiger partial charge in [-0.05, 0) is 78.8 Å². The highest BCUT2D eigenvalue weighted by molar-refractivity contribution is 6.00. The van der Waals surface area contributed by atoms with E-state index in [-0.39, 0.29) is 11.7 Å². The van der Waals surface area contributed by atoms with E-state index in [4.69, 9.17) is 4.98 Å². The van der Waals surface area contributed by atoms with Crippen molar-refractivity contribution in [1.82, 2.24) is 4.98 Å². The van der Waals surface area contributed by atoms with Crippen LogP contribution in [0.15, 0.2) is 30.3 Å². The minimum atomic E-state index is 0.0854. The number of Topliss-reactive ketones (excluding diaryl/α,β-unsaturated/α-hetero) is 1. The normalized spacial score (nSPS) is 19.9. The molecule has 1 aromatic carbocycles. The lowest BCUT2D eigenvalue weighted by molar-refractivity contribution is -0.872. The summed E-state index contributed by atoms with van der Waals surface area (Å²) >= 11 is 0. The Morgan fingerprint density at radius 2 is 1.77 bits per heavy atom. The molecule has 3 nitrogen and oxygen atoms in total. The summed E-state index contributed by atoms with van der Waals surface area (Å²) in [6.07, 6.45) is 11.0. The van der Waals surface area contributed by atoms with Crippen molar-refractivity contribution in [2.75, 3.05) is 27.7 Å². The van der Waals surface area contributed by atoms with Crippen LogP contribution in [0, 0.1) is 5.92 Å². The third kappa shape index (κ3) is 4.82. The minimum absolute atomic E-state index is 0.0854. The molecular weight excluding hydrogens is 380 g/mol. The van der Waals surface area contributed by atoms with Gasteiger partial charge in [0.15, 0.2) is 5.78 Å². The predicted molar refractivity (Wildman–Crippen MR) is 129 cm³/mol. The van der Waals surface area contributed by atoms with Gasteiger partial charge in [-0.15, -0.1) is 0 Å². The smallest absolute Gasteiger partial charge is 0.190 e. The molecule has 2 aliphatic rings. The first-order valence-electron chi connectivity index (χ1n) is 12.0. The molecule has 1 atom stereocenters. The van der Waals surface area contributed by atoms with Gasteiger partial charge in [-0.25, -0.2) is 4.98 Å². The van der Waals surface area contributed by atoms with E-state index in [0.29, 0.717) is 0 Å². The Bertz CT molecular complexity index is 982. The van der Waals surface area contributed by atoms with Gasteiger partial charge in [0.1, 0.15) is 5.69 Å². The van der Waals surface area contributed by atoms with E-state index in [1.165, 1.54) is 47.1 Å². The van der Waals surface area contributed by atoms with Crippen LogP contribution in [-0.4, -0.2) is 42.9 Å². The summed E-state index contributed by atoms with van der Waals surface area (Å²) in [6.45, 7) is 3.14. The Morgan fingerprint density at radius 1 is 1.03 bits per heavy atom. The van der Waals surface area contributed by atoms with Gasteiger partial charge in [-0.2, -0.15) is 0 Å². The molecule has 0 spiro atoms. The number of quaternary nitrogens is 1. The number of rotatable bonds is 6. The first-order chi connectivity index (χ1) is 14.9. The van der Waals surface area contributed by atoms with Gasteiger partial charge in [0.2, 0.25) is 0 Å². The fraction of sp³-hybridized carbons (Fsp3) is 0.500. The van der Waals surface area contributed by atoms with E-state index in [9.17, 15) is 4.79 Å². The molecular formula is C28H37N2O+. The van der Waals surface area contributed by atoms with Crippen LogP contribution in [0.4, 0.5) is 0 Å². The average Bonchev–Trinajstić information content (AvgIpc) is 2.74. The number of benzene rings is 1. The lowest BCUT2D eigenvalue weighted by atomic mass is 9.77. The van der Waals surface area contributed by atoms with E-state index in [1.54, 1.807) is 0 Å². The Morgan fingerprint density at radius 3 is 2.48 bits per heavy atom. The highest BCUT2D eigenvalue weighted by Gasteiger charge is 2.36. The summed E-state index contributed by atoms with van der Waals surface area (Å²) in [7, 11) is 6.53. The second kappa shape index (κ2) is 9.08. The van der Waals surface area contributed by atoms with Crippen molar-refractivity contribution in [3.05, 3.63) is 64.0 Å². The number of carbonyl (C=O) groups excluding carboxylic acids is 1. The number of aromatic nitrogens is 1. The Labute approximate surface area is 187 Å². The number of nitrogens with zero attached hydrogens (tertiary/aromatic N) is 2. The second-order valence-corrected chi connectivity index (χ2v) is 10.4. The zero-order chi connectivity index (χ0) is 22.0. The summed E-state index contributed by atoms with van der Waals surface area (Å²) in [5.74, 6) is 0.363. The SMILES string of the molecule is CCCCc1c2c(nc3c1CCC/C3=C\c1ccccc1)C(=O)C(C[N+](C)(C)C)CC2. The molecule has 164 valence electrons. The summed E-state index contributed by atoms with van der Waals surface area (Å²) in [5.41, 5.74) is 8.57. The fourth-order valence-electron chi connectivity index (χ4n) is 5.32. The molecule has 1 aromatic heterocycles. The third-order valence-corrected chi connectivity index (χ3v) is 6.74. The highest BCUT2D eigenvalue weighted by Crippen LogP contribution is 2.39. The lowest BCUT2D eigenvalue weighted by Gasteiger charge is -2.33. The second-order valence-electron chi connectivity index (χ2n) is 10.4. The molecule has 4 rings (SSSR count). The zero-order valence-electron chi connectivity index (χ0n) is 19.7. The number of unbranched alkanes of at least 4 members (excludes halogenated alkanes) is 1. The summed E-state index contributed by atoms with van der Waals surface area (Å²) in [6, 6.07) is 10.5. The molecule has 0 radical (unpaired) electrons. The lowest BCUT2D eigenvalue weighted by Crippen LogP contribution is -2.43. The molecule has 0 saturated heterocycles. The molecule has 1 unspecified atom stereocenters. The van der Waals surface area contributed by atoms with Crippen LogP contribution >= 0.6 is 0 Å². The number of carbonyl (C=O) groups is 1. The van der Waals surface area contributed by atoms with Crippen LogP contribution in [0.3, 0.4) is 0 Å². The van der Waals surface area contributed by atoms with Crippen LogP contribution in [0.5, 0.6) is 0 Å². The van der Waals surface area contributed by atoms with Gasteiger partial charge in [0.25, 0.3) is 0 Å². The molecule has 0 bridgehead atoms. The van der Waals surface area contributed by atoms with E-state index >= 15 is 0 Å². The zero-order valence-corrected chi connectivity index (χ0v) is 19.7. The predicted octanol–water partition coefficient (Wildman–Crippen LogP) is 5.75. The summed E-state index contributed by atoms with van der Waals surface area (Å²) in [5, 5.41) is 0. The van der Waals surface area contributed by atoms with Crippen molar-refractivity contribution in [3.63, 3.8) is 0 Å². The van der Waals surface area contributed by atoms with Crippen molar-refractivity contribution >= 4 is 17.4 Å². The Kier molecular flexibility index (Phi) is 6.43. The van der Waals surface area contributed by atoms with E-state index < -0.39 is 0 Å². The topological polar surface area (TPSA) is 30.0 Å². The molecule has 1 heterocycles. The van der Waals surface area contributed by atoms with Crippen molar-refractivity contribution in [2.24, 2.45) is 5.92 Å². The minimum Gasteiger partial charge on any atom is -0.330 e. The fourth-order valence-corrected chi connectivity index (χ4v) is 5.32. The third-order valence-electron chi connectivity index (χ3n) is 6.74. The Balaban J connectivity index is 1.82. The average molecular weight is 418 g/mol. The maximum Gasteiger partial charge on any atom is 0.190 e. The first-order valence-corrected chi connectivity index (χ1v) is 12.0. The van der Waals surface area contributed by atoms with Crippen molar-refractivity contribution < 1.29 is 9.28 Å².